The molecule has 0 aliphatic carbocycles. The number of nitrogens with two attached hydrogens (primary N) is 1. The van der Waals surface area contributed by atoms with Crippen LogP contribution in [-0.4, -0.2) is 28.9 Å². The number of aromatic nitrogens is 1. The standard InChI is InChI=1S/C27H28N4O/c28-17-22-7-4-8-25(16-22)27(20-29)11-13-31(14-12-27)26(32)24-15-23(18-30-19-24)10-9-21-5-2-1-3-6-21/h1-8,15-16,18-19H,9-14,17,28H2. The van der Waals surface area contributed by atoms with E-state index in [1.54, 1.807) is 6.20 Å². The van der Waals surface area contributed by atoms with Crippen LogP contribution in [0.15, 0.2) is 73.1 Å². The molecule has 1 aliphatic heterocycles. The average Bonchev–Trinajstić information content (AvgIpc) is 2.88. The molecule has 0 spiro atoms. The first kappa shape index (κ1) is 21.7. The molecule has 2 N–H and O–H groups in total. The number of amides is 1. The van der Waals surface area contributed by atoms with Crippen molar-refractivity contribution in [2.45, 2.75) is 37.6 Å². The number of carbonyl (C=O) groups is 1. The molecule has 0 saturated carbocycles. The van der Waals surface area contributed by atoms with Gasteiger partial charge in [-0.2, -0.15) is 5.26 Å². The molecule has 1 amide bonds. The normalized spacial score (nSPS) is 15.2. The SMILES string of the molecule is N#CC1(c2cccc(CN)c2)CCN(C(=O)c2cncc(CCc3ccccc3)c2)CC1. The Kier molecular flexibility index (Phi) is 6.63. The van der Waals surface area contributed by atoms with Crippen LogP contribution in [0.5, 0.6) is 0 Å². The fourth-order valence-electron chi connectivity index (χ4n) is 4.41. The molecule has 1 aliphatic rings. The summed E-state index contributed by atoms with van der Waals surface area (Å²) in [4.78, 5) is 19.3. The van der Waals surface area contributed by atoms with E-state index in [4.69, 9.17) is 5.73 Å². The maximum absolute atomic E-state index is 13.1. The van der Waals surface area contributed by atoms with Crippen LogP contribution in [0.1, 0.15) is 45.5 Å². The van der Waals surface area contributed by atoms with Crippen molar-refractivity contribution in [3.05, 3.63) is 101 Å². The molecule has 32 heavy (non-hydrogen) atoms. The van der Waals surface area contributed by atoms with Crippen LogP contribution in [0.25, 0.3) is 0 Å². The number of nitriles is 1. The number of rotatable bonds is 6. The number of aryl methyl sites for hydroxylation is 2. The molecule has 5 heteroatoms. The molecular weight excluding hydrogens is 396 g/mol. The molecule has 4 rings (SSSR count). The summed E-state index contributed by atoms with van der Waals surface area (Å²) in [5, 5.41) is 10.00. The van der Waals surface area contributed by atoms with E-state index in [9.17, 15) is 10.1 Å². The van der Waals surface area contributed by atoms with E-state index in [0.29, 0.717) is 38.0 Å². The number of nitrogens with zero attached hydrogens (tertiary/aromatic N) is 3. The van der Waals surface area contributed by atoms with Crippen LogP contribution >= 0.6 is 0 Å². The molecule has 1 aromatic heterocycles. The summed E-state index contributed by atoms with van der Waals surface area (Å²) in [5.74, 6) is -0.0127. The molecule has 0 atom stereocenters. The van der Waals surface area contributed by atoms with Crippen LogP contribution in [0.2, 0.25) is 0 Å². The van der Waals surface area contributed by atoms with Gasteiger partial charge in [0.05, 0.1) is 17.0 Å². The number of benzene rings is 2. The molecule has 2 heterocycles. The Balaban J connectivity index is 1.42. The van der Waals surface area contributed by atoms with Crippen molar-refractivity contribution in [2.24, 2.45) is 5.73 Å². The Hall–Kier alpha value is -3.49. The maximum atomic E-state index is 13.1. The highest BCUT2D eigenvalue weighted by atomic mass is 16.2. The molecule has 0 unspecified atom stereocenters. The summed E-state index contributed by atoms with van der Waals surface area (Å²) in [6.07, 6.45) is 6.46. The number of carbonyl (C=O) groups excluding carboxylic acids is 1. The zero-order valence-corrected chi connectivity index (χ0v) is 18.2. The van der Waals surface area contributed by atoms with Gasteiger partial charge in [0, 0.05) is 32.0 Å². The highest BCUT2D eigenvalue weighted by molar-refractivity contribution is 5.94. The van der Waals surface area contributed by atoms with Gasteiger partial charge < -0.3 is 10.6 Å². The summed E-state index contributed by atoms with van der Waals surface area (Å²) in [7, 11) is 0. The smallest absolute Gasteiger partial charge is 0.255 e. The molecule has 0 radical (unpaired) electrons. The largest absolute Gasteiger partial charge is 0.338 e. The average molecular weight is 425 g/mol. The lowest BCUT2D eigenvalue weighted by Crippen LogP contribution is -2.44. The predicted molar refractivity (Wildman–Crippen MR) is 125 cm³/mol. The highest BCUT2D eigenvalue weighted by Crippen LogP contribution is 2.35. The number of hydrogen-bond acceptors (Lipinski definition) is 4. The van der Waals surface area contributed by atoms with Crippen LogP contribution in [0.3, 0.4) is 0 Å². The topological polar surface area (TPSA) is 83.0 Å². The minimum atomic E-state index is -0.572. The second kappa shape index (κ2) is 9.76. The molecule has 1 fully saturated rings. The van der Waals surface area contributed by atoms with Gasteiger partial charge in [-0.05, 0) is 54.0 Å². The first-order valence-corrected chi connectivity index (χ1v) is 11.1. The van der Waals surface area contributed by atoms with Crippen molar-refractivity contribution < 1.29 is 4.79 Å². The van der Waals surface area contributed by atoms with Crippen LogP contribution in [0.4, 0.5) is 0 Å². The quantitative estimate of drug-likeness (QED) is 0.648. The van der Waals surface area contributed by atoms with E-state index < -0.39 is 5.41 Å². The Morgan fingerprint density at radius 2 is 1.69 bits per heavy atom. The van der Waals surface area contributed by atoms with Crippen molar-refractivity contribution in [2.75, 3.05) is 13.1 Å². The summed E-state index contributed by atoms with van der Waals surface area (Å²) in [6, 6.07) is 22.8. The highest BCUT2D eigenvalue weighted by Gasteiger charge is 2.38. The first-order chi connectivity index (χ1) is 15.6. The van der Waals surface area contributed by atoms with E-state index in [1.165, 1.54) is 5.56 Å². The Morgan fingerprint density at radius 1 is 0.969 bits per heavy atom. The predicted octanol–water partition coefficient (Wildman–Crippen LogP) is 4.02. The van der Waals surface area contributed by atoms with Gasteiger partial charge in [-0.3, -0.25) is 9.78 Å². The van der Waals surface area contributed by atoms with Crippen LogP contribution in [-0.2, 0) is 24.8 Å². The molecule has 2 aromatic carbocycles. The van der Waals surface area contributed by atoms with Gasteiger partial charge in [-0.25, -0.2) is 0 Å². The van der Waals surface area contributed by atoms with E-state index in [1.807, 2.05) is 59.6 Å². The third kappa shape index (κ3) is 4.71. The number of likely N-dealkylation sites (tertiary alicyclic amines) is 1. The van der Waals surface area contributed by atoms with Crippen molar-refractivity contribution in [3.8, 4) is 6.07 Å². The summed E-state index contributed by atoms with van der Waals surface area (Å²) >= 11 is 0. The fourth-order valence-corrected chi connectivity index (χ4v) is 4.41. The molecule has 3 aromatic rings. The molecular formula is C27H28N4O. The second-order valence-corrected chi connectivity index (χ2v) is 8.46. The van der Waals surface area contributed by atoms with Crippen molar-refractivity contribution >= 4 is 5.91 Å². The van der Waals surface area contributed by atoms with E-state index in [0.717, 1.165) is 29.5 Å². The third-order valence-corrected chi connectivity index (χ3v) is 6.42. The van der Waals surface area contributed by atoms with E-state index in [-0.39, 0.29) is 5.91 Å². The fraction of sp³-hybridized carbons (Fsp3) is 0.296. The Morgan fingerprint density at radius 3 is 2.41 bits per heavy atom. The Bertz CT molecular complexity index is 1110. The summed E-state index contributed by atoms with van der Waals surface area (Å²) in [6.45, 7) is 1.55. The minimum Gasteiger partial charge on any atom is -0.338 e. The van der Waals surface area contributed by atoms with Gasteiger partial charge in [0.2, 0.25) is 0 Å². The van der Waals surface area contributed by atoms with Crippen LogP contribution < -0.4 is 5.73 Å². The van der Waals surface area contributed by atoms with Gasteiger partial charge in [0.1, 0.15) is 0 Å². The maximum Gasteiger partial charge on any atom is 0.255 e. The molecule has 5 nitrogen and oxygen atoms in total. The molecule has 162 valence electrons. The van der Waals surface area contributed by atoms with Gasteiger partial charge in [0.15, 0.2) is 0 Å². The zero-order chi connectivity index (χ0) is 22.4. The van der Waals surface area contributed by atoms with Gasteiger partial charge >= 0.3 is 0 Å². The second-order valence-electron chi connectivity index (χ2n) is 8.46. The number of hydrogen-bond donors (Lipinski definition) is 1. The van der Waals surface area contributed by atoms with Crippen molar-refractivity contribution in [1.29, 1.82) is 5.26 Å². The van der Waals surface area contributed by atoms with Gasteiger partial charge in [-0.15, -0.1) is 0 Å². The lowest BCUT2D eigenvalue weighted by Gasteiger charge is -2.37. The minimum absolute atomic E-state index is 0.0127. The molecule has 0 bridgehead atoms. The first-order valence-electron chi connectivity index (χ1n) is 11.1. The summed E-state index contributed by atoms with van der Waals surface area (Å²) < 4.78 is 0. The van der Waals surface area contributed by atoms with Crippen molar-refractivity contribution in [3.63, 3.8) is 0 Å². The van der Waals surface area contributed by atoms with Gasteiger partial charge in [0.25, 0.3) is 5.91 Å². The molecule has 1 saturated heterocycles. The monoisotopic (exact) mass is 424 g/mol. The van der Waals surface area contributed by atoms with E-state index in [2.05, 4.69) is 23.2 Å². The van der Waals surface area contributed by atoms with Gasteiger partial charge in [-0.1, -0.05) is 54.6 Å². The van der Waals surface area contributed by atoms with E-state index >= 15 is 0 Å². The van der Waals surface area contributed by atoms with Crippen molar-refractivity contribution in [1.82, 2.24) is 9.88 Å². The Labute approximate surface area is 189 Å². The summed E-state index contributed by atoms with van der Waals surface area (Å²) in [5.41, 5.74) is 10.2. The third-order valence-electron chi connectivity index (χ3n) is 6.42. The van der Waals surface area contributed by atoms with Crippen LogP contribution in [0, 0.1) is 11.3 Å². The number of pyridine rings is 1. The zero-order valence-electron chi connectivity index (χ0n) is 18.2. The lowest BCUT2D eigenvalue weighted by molar-refractivity contribution is 0.0691. The number of piperidine rings is 1. The lowest BCUT2D eigenvalue weighted by atomic mass is 9.73.